The summed E-state index contributed by atoms with van der Waals surface area (Å²) < 4.78 is 5.35. The number of benzene rings is 1. The van der Waals surface area contributed by atoms with Gasteiger partial charge in [0.15, 0.2) is 6.61 Å². The van der Waals surface area contributed by atoms with Crippen LogP contribution in [0.4, 0.5) is 4.79 Å². The number of ether oxygens (including phenoxy) is 1. The number of esters is 1. The molecule has 0 aromatic heterocycles. The van der Waals surface area contributed by atoms with Crippen LogP contribution in [0.25, 0.3) is 0 Å². The Balaban J connectivity index is 1.37. The first-order valence-corrected chi connectivity index (χ1v) is 11.5. The lowest BCUT2D eigenvalue weighted by molar-refractivity contribution is -0.155. The molecular weight excluding hydrogens is 434 g/mol. The first-order chi connectivity index (χ1) is 15.3. The fraction of sp³-hybridized carbons (Fsp3) is 0.565. The van der Waals surface area contributed by atoms with Crippen molar-refractivity contribution in [2.45, 2.75) is 69.2 Å². The summed E-state index contributed by atoms with van der Waals surface area (Å²) in [4.78, 5) is 50.6. The molecular formula is C23H28ClN3O5. The maximum Gasteiger partial charge on any atom is 0.344 e. The number of amides is 4. The van der Waals surface area contributed by atoms with Gasteiger partial charge in [0.2, 0.25) is 0 Å². The fourth-order valence-corrected chi connectivity index (χ4v) is 5.23. The number of imide groups is 1. The van der Waals surface area contributed by atoms with E-state index >= 15 is 0 Å². The third-order valence-electron chi connectivity index (χ3n) is 7.11. The highest BCUT2D eigenvalue weighted by Crippen LogP contribution is 2.42. The maximum atomic E-state index is 13.0. The molecule has 1 aliphatic heterocycles. The molecule has 1 aromatic rings. The van der Waals surface area contributed by atoms with Crippen LogP contribution in [0.1, 0.15) is 63.9 Å². The number of carbonyl (C=O) groups excluding carboxylic acids is 4. The third kappa shape index (κ3) is 4.08. The molecule has 172 valence electrons. The Morgan fingerprint density at radius 2 is 1.75 bits per heavy atom. The molecule has 8 nitrogen and oxygen atoms in total. The number of hydrazine groups is 1. The highest BCUT2D eigenvalue weighted by atomic mass is 35.5. The first-order valence-electron chi connectivity index (χ1n) is 11.2. The predicted molar refractivity (Wildman–Crippen MR) is 116 cm³/mol. The highest BCUT2D eigenvalue weighted by Gasteiger charge is 2.53. The van der Waals surface area contributed by atoms with E-state index in [1.54, 1.807) is 12.1 Å². The van der Waals surface area contributed by atoms with Crippen molar-refractivity contribution in [1.29, 1.82) is 0 Å². The Labute approximate surface area is 192 Å². The molecule has 0 unspecified atom stereocenters. The molecule has 1 spiro atoms. The Morgan fingerprint density at radius 1 is 1.12 bits per heavy atom. The quantitative estimate of drug-likeness (QED) is 0.517. The summed E-state index contributed by atoms with van der Waals surface area (Å²) in [5.41, 5.74) is 1.36. The van der Waals surface area contributed by atoms with Crippen LogP contribution in [0.15, 0.2) is 24.3 Å². The minimum absolute atomic E-state index is 0.456. The second kappa shape index (κ2) is 8.73. The number of hydrogen-bond donors (Lipinski definition) is 2. The lowest BCUT2D eigenvalue weighted by Gasteiger charge is -2.33. The number of halogens is 1. The number of rotatable bonds is 5. The molecule has 4 amide bonds. The molecule has 1 heterocycles. The van der Waals surface area contributed by atoms with Gasteiger partial charge in [-0.1, -0.05) is 43.5 Å². The standard InChI is InChI=1S/C23H28ClN3O5/c1-15-8-12-23(13-9-15)19(29)27(21(31)25-23)26-18(28)14-32-20(30)22(10-2-3-11-22)16-4-6-17(24)7-5-16/h4-7,15H,2-3,8-14H2,1H3,(H,25,31)(H,26,28). The second-order valence-electron chi connectivity index (χ2n) is 9.24. The van der Waals surface area contributed by atoms with Gasteiger partial charge < -0.3 is 10.1 Å². The minimum Gasteiger partial charge on any atom is -0.455 e. The van der Waals surface area contributed by atoms with Crippen molar-refractivity contribution in [2.75, 3.05) is 6.61 Å². The van der Waals surface area contributed by atoms with Crippen molar-refractivity contribution in [3.05, 3.63) is 34.9 Å². The van der Waals surface area contributed by atoms with Crippen molar-refractivity contribution in [2.24, 2.45) is 5.92 Å². The van der Waals surface area contributed by atoms with Gasteiger partial charge in [-0.3, -0.25) is 19.8 Å². The highest BCUT2D eigenvalue weighted by molar-refractivity contribution is 6.30. The van der Waals surface area contributed by atoms with E-state index in [1.165, 1.54) is 0 Å². The van der Waals surface area contributed by atoms with E-state index in [1.807, 2.05) is 12.1 Å². The molecule has 1 saturated heterocycles. The lowest BCUT2D eigenvalue weighted by Crippen LogP contribution is -2.52. The molecule has 2 saturated carbocycles. The van der Waals surface area contributed by atoms with Crippen LogP contribution in [0, 0.1) is 5.92 Å². The SMILES string of the molecule is CC1CCC2(CC1)NC(=O)N(NC(=O)COC(=O)C1(c3ccc(Cl)cc3)CCCC1)C2=O. The fourth-order valence-electron chi connectivity index (χ4n) is 5.10. The summed E-state index contributed by atoms with van der Waals surface area (Å²) in [6.45, 7) is 1.54. The van der Waals surface area contributed by atoms with Gasteiger partial charge in [0.1, 0.15) is 5.54 Å². The van der Waals surface area contributed by atoms with Crippen molar-refractivity contribution >= 4 is 35.4 Å². The minimum atomic E-state index is -0.948. The topological polar surface area (TPSA) is 105 Å². The van der Waals surface area contributed by atoms with E-state index in [9.17, 15) is 19.2 Å². The number of urea groups is 1. The average Bonchev–Trinajstić information content (AvgIpc) is 3.36. The second-order valence-corrected chi connectivity index (χ2v) is 9.68. The molecule has 3 aliphatic rings. The van der Waals surface area contributed by atoms with Crippen LogP contribution in [0.5, 0.6) is 0 Å². The Hall–Kier alpha value is -2.61. The number of hydrogen-bond acceptors (Lipinski definition) is 5. The van der Waals surface area contributed by atoms with Crippen molar-refractivity contribution in [1.82, 2.24) is 15.8 Å². The van der Waals surface area contributed by atoms with Crippen LogP contribution >= 0.6 is 11.6 Å². The average molecular weight is 462 g/mol. The molecule has 0 radical (unpaired) electrons. The Kier molecular flexibility index (Phi) is 6.16. The summed E-state index contributed by atoms with van der Waals surface area (Å²) in [6, 6.07) is 6.43. The number of carbonyl (C=O) groups is 4. The number of nitrogens with one attached hydrogen (secondary N) is 2. The summed E-state index contributed by atoms with van der Waals surface area (Å²) >= 11 is 5.98. The zero-order chi connectivity index (χ0) is 22.9. The normalized spacial score (nSPS) is 26.8. The summed E-state index contributed by atoms with van der Waals surface area (Å²) in [5, 5.41) is 4.04. The van der Waals surface area contributed by atoms with Crippen LogP contribution in [-0.2, 0) is 24.5 Å². The van der Waals surface area contributed by atoms with Gasteiger partial charge in [-0.05, 0) is 62.1 Å². The molecule has 0 bridgehead atoms. The van der Waals surface area contributed by atoms with Gasteiger partial charge in [-0.15, -0.1) is 0 Å². The summed E-state index contributed by atoms with van der Waals surface area (Å²) in [6.07, 6.45) is 5.77. The largest absolute Gasteiger partial charge is 0.455 e. The molecule has 2 aliphatic carbocycles. The van der Waals surface area contributed by atoms with E-state index in [-0.39, 0.29) is 0 Å². The van der Waals surface area contributed by atoms with E-state index in [0.717, 1.165) is 36.3 Å². The molecule has 9 heteroatoms. The van der Waals surface area contributed by atoms with Gasteiger partial charge >= 0.3 is 12.0 Å². The molecule has 3 fully saturated rings. The van der Waals surface area contributed by atoms with Crippen molar-refractivity contribution in [3.8, 4) is 0 Å². The van der Waals surface area contributed by atoms with Crippen molar-refractivity contribution < 1.29 is 23.9 Å². The molecule has 2 N–H and O–H groups in total. The number of nitrogens with zero attached hydrogens (tertiary/aromatic N) is 1. The van der Waals surface area contributed by atoms with E-state index in [0.29, 0.717) is 36.6 Å². The van der Waals surface area contributed by atoms with E-state index in [4.69, 9.17) is 16.3 Å². The molecule has 32 heavy (non-hydrogen) atoms. The molecule has 4 rings (SSSR count). The predicted octanol–water partition coefficient (Wildman–Crippen LogP) is 3.23. The van der Waals surface area contributed by atoms with Crippen LogP contribution in [0.3, 0.4) is 0 Å². The lowest BCUT2D eigenvalue weighted by atomic mass is 9.77. The van der Waals surface area contributed by atoms with Gasteiger partial charge in [0, 0.05) is 5.02 Å². The van der Waals surface area contributed by atoms with Crippen molar-refractivity contribution in [3.63, 3.8) is 0 Å². The summed E-state index contributed by atoms with van der Waals surface area (Å²) in [5.74, 6) is -1.17. The zero-order valence-corrected chi connectivity index (χ0v) is 18.9. The maximum absolute atomic E-state index is 13.0. The van der Waals surface area contributed by atoms with Gasteiger partial charge in [-0.25, -0.2) is 4.79 Å². The Bertz CT molecular complexity index is 918. The summed E-state index contributed by atoms with van der Waals surface area (Å²) in [7, 11) is 0. The Morgan fingerprint density at radius 3 is 2.38 bits per heavy atom. The van der Waals surface area contributed by atoms with Gasteiger partial charge in [0.05, 0.1) is 5.41 Å². The molecule has 0 atom stereocenters. The van der Waals surface area contributed by atoms with E-state index in [2.05, 4.69) is 17.7 Å². The third-order valence-corrected chi connectivity index (χ3v) is 7.36. The van der Waals surface area contributed by atoms with Gasteiger partial charge in [-0.2, -0.15) is 5.01 Å². The first kappa shape index (κ1) is 22.6. The van der Waals surface area contributed by atoms with Crippen LogP contribution in [-0.4, -0.2) is 41.0 Å². The van der Waals surface area contributed by atoms with Crippen LogP contribution < -0.4 is 10.7 Å². The zero-order valence-electron chi connectivity index (χ0n) is 18.1. The van der Waals surface area contributed by atoms with Gasteiger partial charge in [0.25, 0.3) is 11.8 Å². The van der Waals surface area contributed by atoms with Crippen LogP contribution in [0.2, 0.25) is 5.02 Å². The monoisotopic (exact) mass is 461 g/mol. The van der Waals surface area contributed by atoms with E-state index < -0.39 is 41.4 Å². The molecule has 1 aromatic carbocycles. The smallest absolute Gasteiger partial charge is 0.344 e.